The molecule has 1 aliphatic rings. The quantitative estimate of drug-likeness (QED) is 0.740. The molecule has 0 spiro atoms. The van der Waals surface area contributed by atoms with Crippen LogP contribution in [0.2, 0.25) is 0 Å². The topological polar surface area (TPSA) is 29.5 Å². The molecule has 0 N–H and O–H groups in total. The lowest BCUT2D eigenvalue weighted by Crippen LogP contribution is -2.60. The van der Waals surface area contributed by atoms with Gasteiger partial charge in [0, 0.05) is 23.9 Å². The number of ether oxygens (including phenoxy) is 1. The first kappa shape index (κ1) is 18.8. The summed E-state index contributed by atoms with van der Waals surface area (Å²) < 4.78 is 44.7. The van der Waals surface area contributed by atoms with Gasteiger partial charge >= 0.3 is 12.1 Å². The van der Waals surface area contributed by atoms with Gasteiger partial charge in [0.15, 0.2) is 0 Å². The Hall–Kier alpha value is -1.56. The van der Waals surface area contributed by atoms with Crippen LogP contribution in [-0.4, -0.2) is 35.1 Å². The molecule has 1 aliphatic heterocycles. The van der Waals surface area contributed by atoms with Gasteiger partial charge in [-0.1, -0.05) is 12.1 Å². The highest BCUT2D eigenvalue weighted by atomic mass is 19.4. The van der Waals surface area contributed by atoms with E-state index in [1.807, 2.05) is 34.7 Å². The van der Waals surface area contributed by atoms with E-state index in [0.29, 0.717) is 12.8 Å². The standard InChI is InChI=1S/C18H24F3NO2/c1-16(2)10-12(11-17(3,4)22(16)5)24-15(23)13-8-6-7-9-14(13)18(19,20)21/h6-9,12H,10-11H2,1-5H3. The molecule has 1 aromatic rings. The first-order valence-corrected chi connectivity index (χ1v) is 7.96. The van der Waals surface area contributed by atoms with E-state index in [-0.39, 0.29) is 11.1 Å². The molecule has 0 atom stereocenters. The van der Waals surface area contributed by atoms with Crippen LogP contribution < -0.4 is 0 Å². The van der Waals surface area contributed by atoms with Gasteiger partial charge in [-0.05, 0) is 46.9 Å². The number of nitrogens with zero attached hydrogens (tertiary/aromatic N) is 1. The van der Waals surface area contributed by atoms with Crippen molar-refractivity contribution < 1.29 is 22.7 Å². The van der Waals surface area contributed by atoms with Crippen molar-refractivity contribution >= 4 is 5.97 Å². The van der Waals surface area contributed by atoms with E-state index in [0.717, 1.165) is 12.1 Å². The summed E-state index contributed by atoms with van der Waals surface area (Å²) in [5.41, 5.74) is -1.81. The van der Waals surface area contributed by atoms with Crippen LogP contribution in [0.1, 0.15) is 56.5 Å². The summed E-state index contributed by atoms with van der Waals surface area (Å²) >= 11 is 0. The molecule has 0 saturated carbocycles. The fourth-order valence-electron chi connectivity index (χ4n) is 3.49. The second kappa shape index (κ2) is 6.06. The van der Waals surface area contributed by atoms with Crippen molar-refractivity contribution in [2.45, 2.75) is 63.9 Å². The molecule has 24 heavy (non-hydrogen) atoms. The molecule has 0 bridgehead atoms. The Kier molecular flexibility index (Phi) is 4.74. The number of carbonyl (C=O) groups excluding carboxylic acids is 1. The van der Waals surface area contributed by atoms with Crippen LogP contribution in [0.3, 0.4) is 0 Å². The fourth-order valence-corrected chi connectivity index (χ4v) is 3.49. The van der Waals surface area contributed by atoms with Crippen LogP contribution in [0.15, 0.2) is 24.3 Å². The summed E-state index contributed by atoms with van der Waals surface area (Å²) in [5.74, 6) is -0.913. The molecule has 0 amide bonds. The number of piperidine rings is 1. The molecular formula is C18H24F3NO2. The zero-order chi connectivity index (χ0) is 18.3. The highest BCUT2D eigenvalue weighted by molar-refractivity contribution is 5.91. The first-order valence-electron chi connectivity index (χ1n) is 7.96. The molecule has 2 rings (SSSR count). The minimum Gasteiger partial charge on any atom is -0.459 e. The largest absolute Gasteiger partial charge is 0.459 e. The molecule has 1 fully saturated rings. The van der Waals surface area contributed by atoms with Gasteiger partial charge < -0.3 is 4.74 Å². The van der Waals surface area contributed by atoms with Crippen LogP contribution in [-0.2, 0) is 10.9 Å². The van der Waals surface area contributed by atoms with E-state index in [1.54, 1.807) is 0 Å². The number of halogens is 3. The van der Waals surface area contributed by atoms with Crippen LogP contribution in [0.25, 0.3) is 0 Å². The average Bonchev–Trinajstić information content (AvgIpc) is 2.43. The van der Waals surface area contributed by atoms with Gasteiger partial charge in [-0.3, -0.25) is 4.90 Å². The highest BCUT2D eigenvalue weighted by Crippen LogP contribution is 2.39. The van der Waals surface area contributed by atoms with Crippen molar-refractivity contribution in [3.8, 4) is 0 Å². The minimum atomic E-state index is -4.58. The van der Waals surface area contributed by atoms with Gasteiger partial charge in [0.1, 0.15) is 6.10 Å². The van der Waals surface area contributed by atoms with E-state index in [9.17, 15) is 18.0 Å². The summed E-state index contributed by atoms with van der Waals surface area (Å²) in [7, 11) is 2.01. The first-order chi connectivity index (χ1) is 10.8. The molecule has 1 saturated heterocycles. The number of hydrogen-bond acceptors (Lipinski definition) is 3. The molecular weight excluding hydrogens is 319 g/mol. The summed E-state index contributed by atoms with van der Waals surface area (Å²) in [4.78, 5) is 14.6. The Morgan fingerprint density at radius 3 is 2.12 bits per heavy atom. The van der Waals surface area contributed by atoms with Crippen LogP contribution in [0, 0.1) is 0 Å². The number of hydrogen-bond donors (Lipinski definition) is 0. The normalized spacial score (nSPS) is 21.5. The fraction of sp³-hybridized carbons (Fsp3) is 0.611. The molecule has 1 heterocycles. The monoisotopic (exact) mass is 343 g/mol. The van der Waals surface area contributed by atoms with Gasteiger partial charge in [0.05, 0.1) is 11.1 Å². The van der Waals surface area contributed by atoms with Gasteiger partial charge in [-0.2, -0.15) is 13.2 Å². The third-order valence-corrected chi connectivity index (χ3v) is 5.00. The van der Waals surface area contributed by atoms with E-state index in [1.165, 1.54) is 12.1 Å². The maximum absolute atomic E-state index is 13.1. The van der Waals surface area contributed by atoms with Gasteiger partial charge in [-0.25, -0.2) is 4.79 Å². The van der Waals surface area contributed by atoms with E-state index in [2.05, 4.69) is 4.90 Å². The molecule has 0 unspecified atom stereocenters. The molecule has 0 aromatic heterocycles. The van der Waals surface area contributed by atoms with Crippen LogP contribution in [0.4, 0.5) is 13.2 Å². The Morgan fingerprint density at radius 1 is 1.12 bits per heavy atom. The van der Waals surface area contributed by atoms with E-state index >= 15 is 0 Å². The predicted molar refractivity (Wildman–Crippen MR) is 85.8 cm³/mol. The number of likely N-dealkylation sites (tertiary alicyclic amines) is 1. The zero-order valence-corrected chi connectivity index (χ0v) is 14.7. The van der Waals surface area contributed by atoms with Crippen molar-refractivity contribution in [1.82, 2.24) is 4.90 Å². The molecule has 134 valence electrons. The summed E-state index contributed by atoms with van der Waals surface area (Å²) in [6.45, 7) is 8.16. The Labute approximate surface area is 140 Å². The Balaban J connectivity index is 2.22. The lowest BCUT2D eigenvalue weighted by Gasteiger charge is -2.53. The van der Waals surface area contributed by atoms with Crippen molar-refractivity contribution in [1.29, 1.82) is 0 Å². The molecule has 1 aromatic carbocycles. The van der Waals surface area contributed by atoms with E-state index < -0.39 is 29.4 Å². The second-order valence-electron chi connectivity index (χ2n) is 7.66. The number of alkyl halides is 3. The number of benzene rings is 1. The molecule has 0 radical (unpaired) electrons. The Bertz CT molecular complexity index is 605. The number of rotatable bonds is 2. The Morgan fingerprint density at radius 2 is 1.62 bits per heavy atom. The lowest BCUT2D eigenvalue weighted by atomic mass is 9.78. The third-order valence-electron chi connectivity index (χ3n) is 5.00. The number of esters is 1. The van der Waals surface area contributed by atoms with Crippen molar-refractivity contribution in [3.63, 3.8) is 0 Å². The summed E-state index contributed by atoms with van der Waals surface area (Å²) in [5, 5.41) is 0. The van der Waals surface area contributed by atoms with Crippen molar-refractivity contribution in [3.05, 3.63) is 35.4 Å². The maximum atomic E-state index is 13.1. The molecule has 0 aliphatic carbocycles. The summed E-state index contributed by atoms with van der Waals surface area (Å²) in [6, 6.07) is 4.74. The third kappa shape index (κ3) is 3.74. The highest BCUT2D eigenvalue weighted by Gasteiger charge is 2.45. The second-order valence-corrected chi connectivity index (χ2v) is 7.66. The SMILES string of the molecule is CN1C(C)(C)CC(OC(=O)c2ccccc2C(F)(F)F)CC1(C)C. The minimum absolute atomic E-state index is 0.212. The average molecular weight is 343 g/mol. The molecule has 6 heteroatoms. The molecule has 3 nitrogen and oxygen atoms in total. The van der Waals surface area contributed by atoms with Crippen molar-refractivity contribution in [2.75, 3.05) is 7.05 Å². The predicted octanol–water partition coefficient (Wildman–Crippen LogP) is 4.51. The van der Waals surface area contributed by atoms with Crippen LogP contribution in [0.5, 0.6) is 0 Å². The number of carbonyl (C=O) groups is 1. The maximum Gasteiger partial charge on any atom is 0.417 e. The van der Waals surface area contributed by atoms with Gasteiger partial charge in [-0.15, -0.1) is 0 Å². The smallest absolute Gasteiger partial charge is 0.417 e. The summed E-state index contributed by atoms with van der Waals surface area (Å²) in [6.07, 6.45) is -3.85. The van der Waals surface area contributed by atoms with Crippen molar-refractivity contribution in [2.24, 2.45) is 0 Å². The van der Waals surface area contributed by atoms with Crippen LogP contribution >= 0.6 is 0 Å². The van der Waals surface area contributed by atoms with Gasteiger partial charge in [0.25, 0.3) is 0 Å². The van der Waals surface area contributed by atoms with Gasteiger partial charge in [0.2, 0.25) is 0 Å². The van der Waals surface area contributed by atoms with E-state index in [4.69, 9.17) is 4.74 Å². The zero-order valence-electron chi connectivity index (χ0n) is 14.7. The lowest BCUT2D eigenvalue weighted by molar-refractivity contribution is -0.138.